The van der Waals surface area contributed by atoms with Gasteiger partial charge in [-0.3, -0.25) is 4.98 Å². The Labute approximate surface area is 162 Å². The van der Waals surface area contributed by atoms with Crippen LogP contribution in [-0.2, 0) is 9.53 Å². The number of hydrogen-bond acceptors (Lipinski definition) is 5. The lowest BCUT2D eigenvalue weighted by Crippen LogP contribution is -2.39. The van der Waals surface area contributed by atoms with Gasteiger partial charge in [-0.25, -0.2) is 4.79 Å². The van der Waals surface area contributed by atoms with Crippen molar-refractivity contribution >= 4 is 28.5 Å². The van der Waals surface area contributed by atoms with Crippen LogP contribution in [0.2, 0.25) is 5.02 Å². The van der Waals surface area contributed by atoms with Gasteiger partial charge in [0.05, 0.1) is 18.3 Å². The molecule has 0 saturated heterocycles. The third-order valence-corrected chi connectivity index (χ3v) is 4.06. The van der Waals surface area contributed by atoms with Crippen molar-refractivity contribution in [3.63, 3.8) is 0 Å². The molecule has 0 aliphatic heterocycles. The summed E-state index contributed by atoms with van der Waals surface area (Å²) in [5.41, 5.74) is -0.262. The summed E-state index contributed by atoms with van der Waals surface area (Å²) in [6.45, 7) is 5.41. The molecule has 0 spiro atoms. The molecule has 0 bridgehead atoms. The molecule has 0 atom stereocenters. The van der Waals surface area contributed by atoms with Crippen LogP contribution in [0.3, 0.4) is 0 Å². The van der Waals surface area contributed by atoms with Crippen LogP contribution < -0.4 is 9.47 Å². The standard InChI is InChI=1S/C21H20ClNO4/c1-4-25-20(24)21(2,3)27-17-9-7-16(8-10-17)26-18-11-14-5-6-15(22)12-19(14)23-13-18/h5-13H,4H2,1-3H3. The number of benzene rings is 2. The Bertz CT molecular complexity index is 954. The van der Waals surface area contributed by atoms with Crippen molar-refractivity contribution in [3.8, 4) is 17.2 Å². The van der Waals surface area contributed by atoms with E-state index in [-0.39, 0.29) is 0 Å². The molecular formula is C21H20ClNO4. The second-order valence-electron chi connectivity index (χ2n) is 6.41. The van der Waals surface area contributed by atoms with Gasteiger partial charge >= 0.3 is 5.97 Å². The van der Waals surface area contributed by atoms with Gasteiger partial charge in [0.1, 0.15) is 17.2 Å². The number of carbonyl (C=O) groups is 1. The Morgan fingerprint density at radius 3 is 2.44 bits per heavy atom. The first-order valence-electron chi connectivity index (χ1n) is 8.57. The fraction of sp³-hybridized carbons (Fsp3) is 0.238. The van der Waals surface area contributed by atoms with Crippen molar-refractivity contribution in [2.45, 2.75) is 26.4 Å². The smallest absolute Gasteiger partial charge is 0.349 e. The highest BCUT2D eigenvalue weighted by atomic mass is 35.5. The average molecular weight is 386 g/mol. The quantitative estimate of drug-likeness (QED) is 0.531. The second kappa shape index (κ2) is 7.84. The number of fused-ring (bicyclic) bond motifs is 1. The molecule has 0 unspecified atom stereocenters. The summed E-state index contributed by atoms with van der Waals surface area (Å²) in [7, 11) is 0. The molecule has 0 aliphatic rings. The lowest BCUT2D eigenvalue weighted by Gasteiger charge is -2.24. The Morgan fingerprint density at radius 2 is 1.74 bits per heavy atom. The highest BCUT2D eigenvalue weighted by Gasteiger charge is 2.31. The number of rotatable bonds is 6. The van der Waals surface area contributed by atoms with Gasteiger partial charge in [-0.05, 0) is 63.2 Å². The number of halogens is 1. The van der Waals surface area contributed by atoms with Gasteiger partial charge in [0, 0.05) is 10.4 Å². The first-order valence-corrected chi connectivity index (χ1v) is 8.94. The Kier molecular flexibility index (Phi) is 5.51. The van der Waals surface area contributed by atoms with E-state index in [9.17, 15) is 4.79 Å². The van der Waals surface area contributed by atoms with Crippen LogP contribution in [0.15, 0.2) is 54.7 Å². The summed E-state index contributed by atoms with van der Waals surface area (Å²) >= 11 is 5.97. The molecule has 0 amide bonds. The zero-order chi connectivity index (χ0) is 19.4. The number of esters is 1. The highest BCUT2D eigenvalue weighted by molar-refractivity contribution is 6.31. The maximum Gasteiger partial charge on any atom is 0.349 e. The molecule has 0 saturated carbocycles. The maximum atomic E-state index is 11.9. The first kappa shape index (κ1) is 19.0. The van der Waals surface area contributed by atoms with E-state index in [0.717, 1.165) is 10.9 Å². The van der Waals surface area contributed by atoms with Gasteiger partial charge in [-0.2, -0.15) is 0 Å². The Balaban J connectivity index is 1.70. The van der Waals surface area contributed by atoms with Crippen molar-refractivity contribution < 1.29 is 19.0 Å². The topological polar surface area (TPSA) is 57.7 Å². The van der Waals surface area contributed by atoms with Gasteiger partial charge in [0.15, 0.2) is 5.60 Å². The SMILES string of the molecule is CCOC(=O)C(C)(C)Oc1ccc(Oc2cnc3cc(Cl)ccc3c2)cc1. The normalized spacial score (nSPS) is 11.3. The largest absolute Gasteiger partial charge is 0.476 e. The van der Waals surface area contributed by atoms with Crippen LogP contribution in [0.5, 0.6) is 17.2 Å². The van der Waals surface area contributed by atoms with E-state index in [1.807, 2.05) is 18.2 Å². The van der Waals surface area contributed by atoms with Crippen molar-refractivity contribution in [3.05, 3.63) is 59.8 Å². The maximum absolute atomic E-state index is 11.9. The monoisotopic (exact) mass is 385 g/mol. The predicted octanol–water partition coefficient (Wildman–Crippen LogP) is 5.40. The van der Waals surface area contributed by atoms with Crippen molar-refractivity contribution in [1.29, 1.82) is 0 Å². The number of aromatic nitrogens is 1. The first-order chi connectivity index (χ1) is 12.9. The molecule has 0 N–H and O–H groups in total. The van der Waals surface area contributed by atoms with Crippen LogP contribution in [-0.4, -0.2) is 23.2 Å². The lowest BCUT2D eigenvalue weighted by atomic mass is 10.1. The predicted molar refractivity (Wildman–Crippen MR) is 105 cm³/mol. The molecule has 3 aromatic rings. The molecule has 2 aromatic carbocycles. The van der Waals surface area contributed by atoms with Crippen molar-refractivity contribution in [2.75, 3.05) is 6.61 Å². The van der Waals surface area contributed by atoms with Crippen LogP contribution in [0.25, 0.3) is 10.9 Å². The molecule has 0 radical (unpaired) electrons. The van der Waals surface area contributed by atoms with E-state index in [1.165, 1.54) is 0 Å². The average Bonchev–Trinajstić information content (AvgIpc) is 2.63. The Morgan fingerprint density at radius 1 is 1.04 bits per heavy atom. The van der Waals surface area contributed by atoms with Crippen molar-refractivity contribution in [2.24, 2.45) is 0 Å². The number of ether oxygens (including phenoxy) is 3. The van der Waals surface area contributed by atoms with Crippen LogP contribution >= 0.6 is 11.6 Å². The number of pyridine rings is 1. The highest BCUT2D eigenvalue weighted by Crippen LogP contribution is 2.28. The minimum atomic E-state index is -1.07. The van der Waals surface area contributed by atoms with E-state index >= 15 is 0 Å². The number of hydrogen-bond donors (Lipinski definition) is 0. The van der Waals surface area contributed by atoms with E-state index in [1.54, 1.807) is 57.3 Å². The Hall–Kier alpha value is -2.79. The fourth-order valence-electron chi connectivity index (χ4n) is 2.48. The summed E-state index contributed by atoms with van der Waals surface area (Å²) in [5, 5.41) is 1.58. The molecule has 6 heteroatoms. The molecule has 1 aromatic heterocycles. The molecule has 27 heavy (non-hydrogen) atoms. The van der Waals surface area contributed by atoms with E-state index < -0.39 is 11.6 Å². The van der Waals surface area contributed by atoms with Gasteiger partial charge in [0.2, 0.25) is 0 Å². The molecular weight excluding hydrogens is 366 g/mol. The molecule has 0 aliphatic carbocycles. The number of nitrogens with zero attached hydrogens (tertiary/aromatic N) is 1. The van der Waals surface area contributed by atoms with Crippen LogP contribution in [0.4, 0.5) is 0 Å². The molecule has 140 valence electrons. The second-order valence-corrected chi connectivity index (χ2v) is 6.85. The summed E-state index contributed by atoms with van der Waals surface area (Å²) in [6, 6.07) is 14.4. The minimum absolute atomic E-state index is 0.310. The van der Waals surface area contributed by atoms with E-state index in [4.69, 9.17) is 25.8 Å². The van der Waals surface area contributed by atoms with Crippen LogP contribution in [0, 0.1) is 0 Å². The van der Waals surface area contributed by atoms with Crippen LogP contribution in [0.1, 0.15) is 20.8 Å². The van der Waals surface area contributed by atoms with Crippen molar-refractivity contribution in [1.82, 2.24) is 4.98 Å². The lowest BCUT2D eigenvalue weighted by molar-refractivity contribution is -0.158. The zero-order valence-corrected chi connectivity index (χ0v) is 16.1. The van der Waals surface area contributed by atoms with E-state index in [0.29, 0.717) is 28.9 Å². The van der Waals surface area contributed by atoms with Gasteiger partial charge < -0.3 is 14.2 Å². The third kappa shape index (κ3) is 4.68. The molecule has 1 heterocycles. The number of carbonyl (C=O) groups excluding carboxylic acids is 1. The zero-order valence-electron chi connectivity index (χ0n) is 15.4. The molecule has 0 fully saturated rings. The molecule has 5 nitrogen and oxygen atoms in total. The van der Waals surface area contributed by atoms with E-state index in [2.05, 4.69) is 4.98 Å². The summed E-state index contributed by atoms with van der Waals surface area (Å²) in [5.74, 6) is 1.39. The van der Waals surface area contributed by atoms with Gasteiger partial charge in [0.25, 0.3) is 0 Å². The fourth-order valence-corrected chi connectivity index (χ4v) is 2.65. The van der Waals surface area contributed by atoms with Gasteiger partial charge in [-0.1, -0.05) is 17.7 Å². The summed E-state index contributed by atoms with van der Waals surface area (Å²) < 4.78 is 16.6. The molecule has 3 rings (SSSR count). The third-order valence-electron chi connectivity index (χ3n) is 3.82. The summed E-state index contributed by atoms with van der Waals surface area (Å²) in [6.07, 6.45) is 1.65. The van der Waals surface area contributed by atoms with Gasteiger partial charge in [-0.15, -0.1) is 0 Å². The minimum Gasteiger partial charge on any atom is -0.476 e. The summed E-state index contributed by atoms with van der Waals surface area (Å²) in [4.78, 5) is 16.3.